The molecule has 0 aromatic rings. The van der Waals surface area contributed by atoms with Gasteiger partial charge in [-0.1, -0.05) is 13.8 Å². The first kappa shape index (κ1) is 17.4. The van der Waals surface area contributed by atoms with Gasteiger partial charge in [-0.25, -0.2) is 0 Å². The highest BCUT2D eigenvalue weighted by Gasteiger charge is 2.18. The predicted molar refractivity (Wildman–Crippen MR) is 73.4 cm³/mol. The van der Waals surface area contributed by atoms with E-state index in [0.29, 0.717) is 19.5 Å². The largest absolute Gasteiger partial charge is 0.356 e. The van der Waals surface area contributed by atoms with Crippen LogP contribution in [-0.2, 0) is 14.4 Å². The van der Waals surface area contributed by atoms with Crippen LogP contribution in [0, 0.1) is 0 Å². The van der Waals surface area contributed by atoms with E-state index in [9.17, 15) is 14.4 Å². The number of hydrogen-bond acceptors (Lipinski definition) is 3. The monoisotopic (exact) mass is 271 g/mol. The maximum absolute atomic E-state index is 11.6. The molecule has 0 rings (SSSR count). The van der Waals surface area contributed by atoms with Gasteiger partial charge in [0.1, 0.15) is 0 Å². The number of hydrogen-bond donors (Lipinski definition) is 3. The molecule has 6 nitrogen and oxygen atoms in total. The Morgan fingerprint density at radius 1 is 0.895 bits per heavy atom. The molecule has 3 N–H and O–H groups in total. The zero-order chi connectivity index (χ0) is 14.7. The van der Waals surface area contributed by atoms with Crippen LogP contribution >= 0.6 is 0 Å². The molecule has 6 heteroatoms. The van der Waals surface area contributed by atoms with Crippen LogP contribution in [0.15, 0.2) is 0 Å². The first-order valence-electron chi connectivity index (χ1n) is 6.86. The van der Waals surface area contributed by atoms with Crippen molar-refractivity contribution in [1.29, 1.82) is 0 Å². The van der Waals surface area contributed by atoms with Gasteiger partial charge in [0, 0.05) is 38.4 Å². The van der Waals surface area contributed by atoms with E-state index in [1.54, 1.807) is 6.92 Å². The van der Waals surface area contributed by atoms with Gasteiger partial charge in [0.05, 0.1) is 0 Å². The number of carbonyl (C=O) groups excluding carboxylic acids is 3. The molecule has 0 fully saturated rings. The Balaban J connectivity index is 4.35. The molecule has 3 amide bonds. The van der Waals surface area contributed by atoms with E-state index in [-0.39, 0.29) is 30.6 Å². The highest BCUT2D eigenvalue weighted by atomic mass is 16.2. The van der Waals surface area contributed by atoms with E-state index in [1.165, 1.54) is 0 Å². The van der Waals surface area contributed by atoms with Crippen molar-refractivity contribution in [2.45, 2.75) is 52.5 Å². The molecule has 0 saturated carbocycles. The number of carbonyl (C=O) groups is 3. The van der Waals surface area contributed by atoms with Crippen molar-refractivity contribution in [3.8, 4) is 0 Å². The smallest absolute Gasteiger partial charge is 0.222 e. The van der Waals surface area contributed by atoms with Crippen molar-refractivity contribution >= 4 is 17.7 Å². The molecule has 0 aliphatic heterocycles. The first-order valence-corrected chi connectivity index (χ1v) is 6.86. The van der Waals surface area contributed by atoms with Crippen LogP contribution in [0.2, 0.25) is 0 Å². The lowest BCUT2D eigenvalue weighted by atomic mass is 10.1. The van der Waals surface area contributed by atoms with Gasteiger partial charge in [-0.2, -0.15) is 0 Å². The zero-order valence-electron chi connectivity index (χ0n) is 12.0. The van der Waals surface area contributed by atoms with E-state index < -0.39 is 6.04 Å². The summed E-state index contributed by atoms with van der Waals surface area (Å²) in [5.41, 5.74) is 0. The Labute approximate surface area is 114 Å². The average Bonchev–Trinajstić information content (AvgIpc) is 2.36. The van der Waals surface area contributed by atoms with Gasteiger partial charge < -0.3 is 16.0 Å². The second-order valence-corrected chi connectivity index (χ2v) is 4.33. The maximum Gasteiger partial charge on any atom is 0.222 e. The Kier molecular flexibility index (Phi) is 9.48. The first-order chi connectivity index (χ1) is 9.03. The molecule has 0 aliphatic rings. The van der Waals surface area contributed by atoms with Crippen LogP contribution in [0.3, 0.4) is 0 Å². The highest BCUT2D eigenvalue weighted by Crippen LogP contribution is 2.00. The van der Waals surface area contributed by atoms with Crippen LogP contribution in [-0.4, -0.2) is 36.9 Å². The number of rotatable bonds is 9. The standard InChI is InChI=1S/C13H25N3O3/c1-4-7-15-13(19)9-10(16-11(17)5-2)8-12(18)14-6-3/h10H,4-9H2,1-3H3,(H,14,18)(H,15,19)(H,16,17). The van der Waals surface area contributed by atoms with Crippen LogP contribution in [0.4, 0.5) is 0 Å². The summed E-state index contributed by atoms with van der Waals surface area (Å²) in [4.78, 5) is 34.5. The van der Waals surface area contributed by atoms with E-state index in [1.807, 2.05) is 13.8 Å². The molecule has 0 aliphatic carbocycles. The topological polar surface area (TPSA) is 87.3 Å². The van der Waals surface area contributed by atoms with Crippen LogP contribution < -0.4 is 16.0 Å². The second-order valence-electron chi connectivity index (χ2n) is 4.33. The summed E-state index contributed by atoms with van der Waals surface area (Å²) in [6.07, 6.45) is 1.44. The van der Waals surface area contributed by atoms with Gasteiger partial charge in [-0.05, 0) is 13.3 Å². The maximum atomic E-state index is 11.6. The van der Waals surface area contributed by atoms with Crippen LogP contribution in [0.5, 0.6) is 0 Å². The van der Waals surface area contributed by atoms with Gasteiger partial charge >= 0.3 is 0 Å². The fourth-order valence-electron chi connectivity index (χ4n) is 1.56. The fourth-order valence-corrected chi connectivity index (χ4v) is 1.56. The van der Waals surface area contributed by atoms with Crippen LogP contribution in [0.25, 0.3) is 0 Å². The number of nitrogens with one attached hydrogen (secondary N) is 3. The van der Waals surface area contributed by atoms with Gasteiger partial charge in [0.15, 0.2) is 0 Å². The molecular formula is C13H25N3O3. The lowest BCUT2D eigenvalue weighted by molar-refractivity contribution is -0.125. The summed E-state index contributed by atoms with van der Waals surface area (Å²) >= 11 is 0. The summed E-state index contributed by atoms with van der Waals surface area (Å²) in [5.74, 6) is -0.461. The fraction of sp³-hybridized carbons (Fsp3) is 0.769. The molecule has 0 aromatic carbocycles. The summed E-state index contributed by atoms with van der Waals surface area (Å²) in [6, 6.07) is -0.448. The second kappa shape index (κ2) is 10.3. The van der Waals surface area contributed by atoms with Crippen LogP contribution in [0.1, 0.15) is 46.5 Å². The summed E-state index contributed by atoms with van der Waals surface area (Å²) < 4.78 is 0. The molecular weight excluding hydrogens is 246 g/mol. The van der Waals surface area contributed by atoms with E-state index in [2.05, 4.69) is 16.0 Å². The Hall–Kier alpha value is -1.59. The van der Waals surface area contributed by atoms with Gasteiger partial charge in [0.2, 0.25) is 17.7 Å². The molecule has 19 heavy (non-hydrogen) atoms. The van der Waals surface area contributed by atoms with E-state index in [4.69, 9.17) is 0 Å². The lowest BCUT2D eigenvalue weighted by Crippen LogP contribution is -2.42. The molecule has 0 heterocycles. The Morgan fingerprint density at radius 2 is 1.47 bits per heavy atom. The van der Waals surface area contributed by atoms with Crippen molar-refractivity contribution in [2.24, 2.45) is 0 Å². The minimum absolute atomic E-state index is 0.124. The van der Waals surface area contributed by atoms with Crippen molar-refractivity contribution < 1.29 is 14.4 Å². The Morgan fingerprint density at radius 3 is 1.95 bits per heavy atom. The third kappa shape index (κ3) is 9.04. The van der Waals surface area contributed by atoms with Gasteiger partial charge in [0.25, 0.3) is 0 Å². The van der Waals surface area contributed by atoms with Gasteiger partial charge in [-0.3, -0.25) is 14.4 Å². The average molecular weight is 271 g/mol. The minimum atomic E-state index is -0.448. The summed E-state index contributed by atoms with van der Waals surface area (Å²) in [5, 5.41) is 8.10. The van der Waals surface area contributed by atoms with Crippen molar-refractivity contribution in [2.75, 3.05) is 13.1 Å². The van der Waals surface area contributed by atoms with Crippen molar-refractivity contribution in [1.82, 2.24) is 16.0 Å². The summed E-state index contributed by atoms with van der Waals surface area (Å²) in [7, 11) is 0. The molecule has 110 valence electrons. The van der Waals surface area contributed by atoms with Gasteiger partial charge in [-0.15, -0.1) is 0 Å². The SMILES string of the molecule is CCCNC(=O)CC(CC(=O)NCC)NC(=O)CC. The number of amides is 3. The lowest BCUT2D eigenvalue weighted by Gasteiger charge is -2.17. The predicted octanol–water partition coefficient (Wildman–Crippen LogP) is 0.324. The molecule has 0 bridgehead atoms. The summed E-state index contributed by atoms with van der Waals surface area (Å²) in [6.45, 7) is 6.66. The molecule has 0 spiro atoms. The Bertz CT molecular complexity index is 306. The van der Waals surface area contributed by atoms with E-state index in [0.717, 1.165) is 6.42 Å². The molecule has 1 atom stereocenters. The van der Waals surface area contributed by atoms with Crippen molar-refractivity contribution in [3.63, 3.8) is 0 Å². The minimum Gasteiger partial charge on any atom is -0.356 e. The quantitative estimate of drug-likeness (QED) is 0.564. The van der Waals surface area contributed by atoms with E-state index >= 15 is 0 Å². The third-order valence-electron chi connectivity index (χ3n) is 2.50. The normalized spacial score (nSPS) is 11.5. The molecule has 0 radical (unpaired) electrons. The molecule has 0 aromatic heterocycles. The molecule has 1 unspecified atom stereocenters. The third-order valence-corrected chi connectivity index (χ3v) is 2.50. The molecule has 0 saturated heterocycles. The highest BCUT2D eigenvalue weighted by molar-refractivity contribution is 5.82. The zero-order valence-corrected chi connectivity index (χ0v) is 12.0. The van der Waals surface area contributed by atoms with Crippen molar-refractivity contribution in [3.05, 3.63) is 0 Å².